The Morgan fingerprint density at radius 3 is 2.14 bits per heavy atom. The van der Waals surface area contributed by atoms with E-state index in [2.05, 4.69) is 4.74 Å². The number of fused-ring (bicyclic) bond motifs is 2. The van der Waals surface area contributed by atoms with Crippen LogP contribution in [-0.4, -0.2) is 35.3 Å². The first-order valence-electron chi connectivity index (χ1n) is 10.6. The summed E-state index contributed by atoms with van der Waals surface area (Å²) in [7, 11) is 0. The van der Waals surface area contributed by atoms with Gasteiger partial charge in [0.1, 0.15) is 28.4 Å². The Labute approximate surface area is 197 Å². The fraction of sp³-hybridized carbons (Fsp3) is 0.240. The molecule has 0 saturated heterocycles. The van der Waals surface area contributed by atoms with Gasteiger partial charge in [0.15, 0.2) is 0 Å². The van der Waals surface area contributed by atoms with E-state index in [9.17, 15) is 28.2 Å². The first-order chi connectivity index (χ1) is 16.6. The van der Waals surface area contributed by atoms with Crippen LogP contribution in [-0.2, 0) is 6.42 Å². The zero-order chi connectivity index (χ0) is 25.2. The third-order valence-electron chi connectivity index (χ3n) is 5.54. The second-order valence-corrected chi connectivity index (χ2v) is 8.22. The van der Waals surface area contributed by atoms with Crippen molar-refractivity contribution in [2.24, 2.45) is 5.73 Å². The highest BCUT2D eigenvalue weighted by atomic mass is 19.4. The van der Waals surface area contributed by atoms with Crippen molar-refractivity contribution in [1.29, 1.82) is 0 Å². The van der Waals surface area contributed by atoms with E-state index in [4.69, 9.17) is 14.9 Å². The molecule has 1 aromatic heterocycles. The quantitative estimate of drug-likeness (QED) is 0.317. The van der Waals surface area contributed by atoms with Gasteiger partial charge in [0, 0.05) is 6.07 Å². The Kier molecular flexibility index (Phi) is 6.70. The van der Waals surface area contributed by atoms with Gasteiger partial charge in [0.25, 0.3) is 0 Å². The highest BCUT2D eigenvalue weighted by molar-refractivity contribution is 5.90. The summed E-state index contributed by atoms with van der Waals surface area (Å²) in [6.07, 6.45) is -4.01. The number of ether oxygens (including phenoxy) is 2. The average molecular weight is 489 g/mol. The monoisotopic (exact) mass is 489 g/mol. The van der Waals surface area contributed by atoms with Crippen molar-refractivity contribution in [1.82, 2.24) is 0 Å². The maximum atomic E-state index is 13.1. The van der Waals surface area contributed by atoms with Crippen LogP contribution in [0.15, 0.2) is 69.9 Å². The molecule has 0 atom stereocenters. The largest absolute Gasteiger partial charge is 0.573 e. The Balaban J connectivity index is 1.57. The lowest BCUT2D eigenvalue weighted by Gasteiger charge is -2.24. The van der Waals surface area contributed by atoms with Crippen molar-refractivity contribution in [3.63, 3.8) is 0 Å². The molecule has 0 fully saturated rings. The minimum Gasteiger partial charge on any atom is -0.457 e. The van der Waals surface area contributed by atoms with E-state index in [0.717, 1.165) is 17.7 Å². The molecular weight excluding hydrogens is 467 g/mol. The number of hydrogen-bond acceptors (Lipinski definition) is 7. The van der Waals surface area contributed by atoms with Gasteiger partial charge in [-0.05, 0) is 66.9 Å². The summed E-state index contributed by atoms with van der Waals surface area (Å²) in [6, 6.07) is 14.7. The van der Waals surface area contributed by atoms with Gasteiger partial charge in [0.05, 0.1) is 29.5 Å². The molecule has 0 unspecified atom stereocenters. The van der Waals surface area contributed by atoms with Crippen LogP contribution in [0.4, 0.5) is 13.2 Å². The lowest BCUT2D eigenvalue weighted by molar-refractivity contribution is -0.274. The van der Waals surface area contributed by atoms with E-state index >= 15 is 0 Å². The summed E-state index contributed by atoms with van der Waals surface area (Å²) in [5.74, 6) is 0.229. The van der Waals surface area contributed by atoms with Gasteiger partial charge >= 0.3 is 6.36 Å². The Morgan fingerprint density at radius 2 is 1.49 bits per heavy atom. The van der Waals surface area contributed by atoms with Crippen LogP contribution in [0.25, 0.3) is 21.9 Å². The Hall–Kier alpha value is -3.60. The van der Waals surface area contributed by atoms with Crippen LogP contribution >= 0.6 is 0 Å². The van der Waals surface area contributed by atoms with Gasteiger partial charge in [-0.2, -0.15) is 0 Å². The summed E-state index contributed by atoms with van der Waals surface area (Å²) >= 11 is 0. The zero-order valence-electron chi connectivity index (χ0n) is 18.3. The van der Waals surface area contributed by atoms with E-state index in [1.54, 1.807) is 30.3 Å². The molecule has 0 bridgehead atoms. The number of nitrogens with two attached hydrogens (primary N) is 1. The minimum atomic E-state index is -4.78. The number of hydrogen-bond donors (Lipinski definition) is 3. The summed E-state index contributed by atoms with van der Waals surface area (Å²) < 4.78 is 52.3. The van der Waals surface area contributed by atoms with Crippen LogP contribution in [0.5, 0.6) is 17.2 Å². The number of aryl methyl sites for hydroxylation is 1. The van der Waals surface area contributed by atoms with Crippen molar-refractivity contribution in [2.45, 2.75) is 24.7 Å². The second-order valence-electron chi connectivity index (χ2n) is 8.22. The standard InChI is InChI=1S/C25H22F3NO6/c26-25(27,28)35-17-4-2-16(3-5-17)33-18-6-7-19-22(12-18)34-21-8-1-15(11-20(21)23(19)32)9-10-24(29,13-30)14-31/h1-8,11-12,30-31H,9-10,13-14,29H2. The van der Waals surface area contributed by atoms with E-state index in [1.165, 1.54) is 18.2 Å². The topological polar surface area (TPSA) is 115 Å². The summed E-state index contributed by atoms with van der Waals surface area (Å²) in [5, 5.41) is 19.4. The minimum absolute atomic E-state index is 0.244. The zero-order valence-corrected chi connectivity index (χ0v) is 18.3. The van der Waals surface area contributed by atoms with Crippen molar-refractivity contribution in [3.8, 4) is 17.2 Å². The van der Waals surface area contributed by atoms with Crippen LogP contribution in [0, 0.1) is 0 Å². The first kappa shape index (κ1) is 24.5. The molecule has 7 nitrogen and oxygen atoms in total. The van der Waals surface area contributed by atoms with Crippen molar-refractivity contribution in [3.05, 3.63) is 76.5 Å². The van der Waals surface area contributed by atoms with Gasteiger partial charge in [0.2, 0.25) is 5.43 Å². The molecule has 0 aliphatic carbocycles. The number of aliphatic hydroxyl groups excluding tert-OH is 2. The normalized spacial score (nSPS) is 12.3. The molecule has 3 aromatic carbocycles. The van der Waals surface area contributed by atoms with Gasteiger partial charge in [-0.1, -0.05) is 6.07 Å². The lowest BCUT2D eigenvalue weighted by Crippen LogP contribution is -2.47. The number of halogens is 3. The van der Waals surface area contributed by atoms with Crippen molar-refractivity contribution < 1.29 is 37.3 Å². The maximum Gasteiger partial charge on any atom is 0.573 e. The molecule has 0 saturated carbocycles. The number of benzene rings is 3. The van der Waals surface area contributed by atoms with E-state index in [-0.39, 0.29) is 35.7 Å². The van der Waals surface area contributed by atoms with Gasteiger partial charge < -0.3 is 29.8 Å². The van der Waals surface area contributed by atoms with E-state index < -0.39 is 11.9 Å². The highest BCUT2D eigenvalue weighted by Gasteiger charge is 2.31. The molecule has 0 aliphatic heterocycles. The maximum absolute atomic E-state index is 13.1. The molecule has 35 heavy (non-hydrogen) atoms. The molecule has 1 heterocycles. The molecule has 4 aromatic rings. The number of alkyl halides is 3. The smallest absolute Gasteiger partial charge is 0.457 e. The Bertz CT molecular complexity index is 1390. The van der Waals surface area contributed by atoms with Crippen LogP contribution in [0.1, 0.15) is 12.0 Å². The lowest BCUT2D eigenvalue weighted by atomic mass is 9.93. The first-order valence-corrected chi connectivity index (χ1v) is 10.6. The molecule has 184 valence electrons. The van der Waals surface area contributed by atoms with Crippen molar-refractivity contribution >= 4 is 21.9 Å². The van der Waals surface area contributed by atoms with Crippen LogP contribution in [0.2, 0.25) is 0 Å². The summed E-state index contributed by atoms with van der Waals surface area (Å²) in [5.41, 5.74) is 6.02. The molecule has 0 radical (unpaired) electrons. The second kappa shape index (κ2) is 9.57. The third kappa shape index (κ3) is 5.73. The predicted octanol–water partition coefficient (Wildman–Crippen LogP) is 4.25. The van der Waals surface area contributed by atoms with Crippen molar-refractivity contribution in [2.75, 3.05) is 13.2 Å². The number of rotatable bonds is 8. The van der Waals surface area contributed by atoms with E-state index in [1.807, 2.05) is 0 Å². The molecule has 10 heteroatoms. The fourth-order valence-corrected chi connectivity index (χ4v) is 3.55. The average Bonchev–Trinajstić information content (AvgIpc) is 2.83. The molecule has 0 aliphatic rings. The fourth-order valence-electron chi connectivity index (χ4n) is 3.55. The number of aliphatic hydroxyl groups is 2. The van der Waals surface area contributed by atoms with Gasteiger partial charge in [-0.25, -0.2) is 0 Å². The SMILES string of the molecule is NC(CO)(CO)CCc1ccc2oc3cc(Oc4ccc(OC(F)(F)F)cc4)ccc3c(=O)c2c1. The van der Waals surface area contributed by atoms with Crippen LogP contribution in [0.3, 0.4) is 0 Å². The summed E-state index contributed by atoms with van der Waals surface area (Å²) in [4.78, 5) is 13.1. The molecule has 4 rings (SSSR count). The Morgan fingerprint density at radius 1 is 0.829 bits per heavy atom. The molecular formula is C25H22F3NO6. The van der Waals surface area contributed by atoms with Gasteiger partial charge in [-0.15, -0.1) is 13.2 Å². The molecule has 0 amide bonds. The van der Waals surface area contributed by atoms with Crippen LogP contribution < -0.4 is 20.6 Å². The van der Waals surface area contributed by atoms with Gasteiger partial charge in [-0.3, -0.25) is 4.79 Å². The van der Waals surface area contributed by atoms with E-state index in [0.29, 0.717) is 34.9 Å². The summed E-state index contributed by atoms with van der Waals surface area (Å²) in [6.45, 7) is -0.723. The third-order valence-corrected chi connectivity index (χ3v) is 5.54. The highest BCUT2D eigenvalue weighted by Crippen LogP contribution is 2.30. The molecule has 4 N–H and O–H groups in total. The molecule has 0 spiro atoms. The predicted molar refractivity (Wildman–Crippen MR) is 123 cm³/mol.